The Labute approximate surface area is 102 Å². The molecule has 3 nitrogen and oxygen atoms in total. The number of aromatic nitrogens is 1. The summed E-state index contributed by atoms with van der Waals surface area (Å²) in [5.41, 5.74) is 3.86. The van der Waals surface area contributed by atoms with Crippen LogP contribution in [0.25, 0.3) is 0 Å². The summed E-state index contributed by atoms with van der Waals surface area (Å²) in [5, 5.41) is 9.13. The van der Waals surface area contributed by atoms with Crippen molar-refractivity contribution in [1.29, 1.82) is 0 Å². The molecule has 0 saturated heterocycles. The van der Waals surface area contributed by atoms with Crippen LogP contribution in [0.4, 0.5) is 0 Å². The van der Waals surface area contributed by atoms with Gasteiger partial charge in [-0.2, -0.15) is 0 Å². The van der Waals surface area contributed by atoms with Gasteiger partial charge in [0, 0.05) is 18.4 Å². The van der Waals surface area contributed by atoms with Crippen molar-refractivity contribution in [3.63, 3.8) is 0 Å². The first-order valence-electron chi connectivity index (χ1n) is 6.65. The molecular weight excluding hydrogens is 212 g/mol. The number of nitrogens with one attached hydrogen (secondary N) is 1. The fourth-order valence-electron chi connectivity index (χ4n) is 3.89. The standard InChI is InChI=1S/C14H20N2O/c17-16-14-4-3-12-7-11(8-13(12)14)6-10-2-1-5-15-9-10/h1-2,5,9,11-14,16-17H,3-4,6-8H2. The molecule has 3 rings (SSSR count). The third kappa shape index (κ3) is 2.22. The van der Waals surface area contributed by atoms with Crippen LogP contribution in [0.5, 0.6) is 0 Å². The normalized spacial score (nSPS) is 36.1. The molecule has 0 amide bonds. The van der Waals surface area contributed by atoms with Gasteiger partial charge in [-0.15, -0.1) is 0 Å². The Kier molecular flexibility index (Phi) is 3.12. The average Bonchev–Trinajstić information content (AvgIpc) is 2.89. The summed E-state index contributed by atoms with van der Waals surface area (Å²) < 4.78 is 0. The quantitative estimate of drug-likeness (QED) is 0.787. The second kappa shape index (κ2) is 4.75. The molecule has 2 N–H and O–H groups in total. The molecule has 17 heavy (non-hydrogen) atoms. The third-order valence-corrected chi connectivity index (χ3v) is 4.63. The minimum atomic E-state index is 0.346. The highest BCUT2D eigenvalue weighted by molar-refractivity contribution is 5.10. The van der Waals surface area contributed by atoms with Crippen LogP contribution in [-0.4, -0.2) is 16.2 Å². The number of hydrogen-bond donors (Lipinski definition) is 2. The second-order valence-corrected chi connectivity index (χ2v) is 5.64. The molecule has 4 atom stereocenters. The lowest BCUT2D eigenvalue weighted by Crippen LogP contribution is -2.30. The molecule has 4 unspecified atom stereocenters. The van der Waals surface area contributed by atoms with E-state index in [2.05, 4.69) is 16.5 Å². The summed E-state index contributed by atoms with van der Waals surface area (Å²) in [6.45, 7) is 0. The van der Waals surface area contributed by atoms with Crippen LogP contribution in [-0.2, 0) is 6.42 Å². The molecule has 92 valence electrons. The van der Waals surface area contributed by atoms with Crippen LogP contribution in [0.2, 0.25) is 0 Å². The summed E-state index contributed by atoms with van der Waals surface area (Å²) in [5.74, 6) is 2.31. The largest absolute Gasteiger partial charge is 0.317 e. The van der Waals surface area contributed by atoms with Gasteiger partial charge in [0.15, 0.2) is 0 Å². The fourth-order valence-corrected chi connectivity index (χ4v) is 3.89. The second-order valence-electron chi connectivity index (χ2n) is 5.64. The highest BCUT2D eigenvalue weighted by atomic mass is 16.5. The van der Waals surface area contributed by atoms with Gasteiger partial charge in [0.2, 0.25) is 0 Å². The monoisotopic (exact) mass is 232 g/mol. The maximum Gasteiger partial charge on any atom is 0.0350 e. The molecule has 2 aliphatic carbocycles. The van der Waals surface area contributed by atoms with Crippen molar-refractivity contribution in [2.24, 2.45) is 17.8 Å². The number of rotatable bonds is 3. The predicted octanol–water partition coefficient (Wildman–Crippen LogP) is 2.41. The lowest BCUT2D eigenvalue weighted by Gasteiger charge is -2.17. The van der Waals surface area contributed by atoms with E-state index in [1.165, 1.54) is 24.8 Å². The van der Waals surface area contributed by atoms with Gasteiger partial charge in [-0.05, 0) is 61.5 Å². The fraction of sp³-hybridized carbons (Fsp3) is 0.643. The SMILES string of the molecule is ONC1CCC2CC(Cc3cccnc3)CC21. The third-order valence-electron chi connectivity index (χ3n) is 4.63. The van der Waals surface area contributed by atoms with E-state index in [0.29, 0.717) is 12.0 Å². The molecule has 2 saturated carbocycles. The van der Waals surface area contributed by atoms with Crippen LogP contribution in [0.1, 0.15) is 31.2 Å². The van der Waals surface area contributed by atoms with Gasteiger partial charge >= 0.3 is 0 Å². The molecule has 2 fully saturated rings. The highest BCUT2D eigenvalue weighted by Gasteiger charge is 2.42. The van der Waals surface area contributed by atoms with Gasteiger partial charge in [-0.25, -0.2) is 5.48 Å². The highest BCUT2D eigenvalue weighted by Crippen LogP contribution is 2.47. The van der Waals surface area contributed by atoms with Gasteiger partial charge in [0.05, 0.1) is 0 Å². The Morgan fingerprint density at radius 1 is 1.35 bits per heavy atom. The minimum absolute atomic E-state index is 0.346. The summed E-state index contributed by atoms with van der Waals surface area (Å²) in [6.07, 6.45) is 9.99. The first-order chi connectivity index (χ1) is 8.36. The maximum absolute atomic E-state index is 9.13. The van der Waals surface area contributed by atoms with Gasteiger partial charge in [0.1, 0.15) is 0 Å². The molecular formula is C14H20N2O. The summed E-state index contributed by atoms with van der Waals surface area (Å²) >= 11 is 0. The number of pyridine rings is 1. The lowest BCUT2D eigenvalue weighted by molar-refractivity contribution is 0.104. The van der Waals surface area contributed by atoms with Crippen molar-refractivity contribution < 1.29 is 5.21 Å². The number of hydroxylamine groups is 1. The van der Waals surface area contributed by atoms with Crippen LogP contribution < -0.4 is 5.48 Å². The van der Waals surface area contributed by atoms with Crippen molar-refractivity contribution in [1.82, 2.24) is 10.5 Å². The van der Waals surface area contributed by atoms with Gasteiger partial charge in [0.25, 0.3) is 0 Å². The zero-order valence-corrected chi connectivity index (χ0v) is 10.0. The Bertz CT molecular complexity index is 368. The van der Waals surface area contributed by atoms with Gasteiger partial charge < -0.3 is 5.21 Å². The van der Waals surface area contributed by atoms with Gasteiger partial charge in [-0.1, -0.05) is 6.07 Å². The Hall–Kier alpha value is -0.930. The van der Waals surface area contributed by atoms with Crippen molar-refractivity contribution in [3.05, 3.63) is 30.1 Å². The van der Waals surface area contributed by atoms with Crippen molar-refractivity contribution >= 4 is 0 Å². The van der Waals surface area contributed by atoms with Crippen molar-refractivity contribution in [2.45, 2.75) is 38.1 Å². The zero-order chi connectivity index (χ0) is 11.7. The van der Waals surface area contributed by atoms with E-state index in [1.807, 2.05) is 18.5 Å². The molecule has 0 radical (unpaired) electrons. The smallest absolute Gasteiger partial charge is 0.0350 e. The van der Waals surface area contributed by atoms with Crippen molar-refractivity contribution in [3.8, 4) is 0 Å². The van der Waals surface area contributed by atoms with Crippen molar-refractivity contribution in [2.75, 3.05) is 0 Å². The molecule has 3 heteroatoms. The topological polar surface area (TPSA) is 45.1 Å². The Balaban J connectivity index is 1.62. The predicted molar refractivity (Wildman–Crippen MR) is 65.6 cm³/mol. The van der Waals surface area contributed by atoms with E-state index < -0.39 is 0 Å². The van der Waals surface area contributed by atoms with Gasteiger partial charge in [-0.3, -0.25) is 4.98 Å². The molecule has 0 aliphatic heterocycles. The molecule has 1 aromatic heterocycles. The van der Waals surface area contributed by atoms with E-state index in [4.69, 9.17) is 5.21 Å². The summed E-state index contributed by atoms with van der Waals surface area (Å²) in [4.78, 5) is 4.18. The van der Waals surface area contributed by atoms with Crippen LogP contribution in [0, 0.1) is 17.8 Å². The number of fused-ring (bicyclic) bond motifs is 1. The molecule has 2 aliphatic rings. The average molecular weight is 232 g/mol. The van der Waals surface area contributed by atoms with Crippen LogP contribution in [0.3, 0.4) is 0 Å². The number of nitrogens with zero attached hydrogens (tertiary/aromatic N) is 1. The minimum Gasteiger partial charge on any atom is -0.317 e. The van der Waals surface area contributed by atoms with E-state index >= 15 is 0 Å². The first kappa shape index (κ1) is 11.2. The molecule has 1 aromatic rings. The Morgan fingerprint density at radius 3 is 3.06 bits per heavy atom. The lowest BCUT2D eigenvalue weighted by atomic mass is 9.95. The van der Waals surface area contributed by atoms with E-state index in [0.717, 1.165) is 24.7 Å². The summed E-state index contributed by atoms with van der Waals surface area (Å²) in [7, 11) is 0. The van der Waals surface area contributed by atoms with E-state index in [1.54, 1.807) is 0 Å². The Morgan fingerprint density at radius 2 is 2.29 bits per heavy atom. The van der Waals surface area contributed by atoms with E-state index in [-0.39, 0.29) is 0 Å². The van der Waals surface area contributed by atoms with Crippen LogP contribution in [0.15, 0.2) is 24.5 Å². The summed E-state index contributed by atoms with van der Waals surface area (Å²) in [6, 6.07) is 4.53. The van der Waals surface area contributed by atoms with Crippen LogP contribution >= 0.6 is 0 Å². The van der Waals surface area contributed by atoms with E-state index in [9.17, 15) is 0 Å². The number of hydrogen-bond acceptors (Lipinski definition) is 3. The molecule has 0 aromatic carbocycles. The molecule has 0 spiro atoms. The zero-order valence-electron chi connectivity index (χ0n) is 10.0. The first-order valence-corrected chi connectivity index (χ1v) is 6.65. The maximum atomic E-state index is 9.13. The molecule has 1 heterocycles. The molecule has 0 bridgehead atoms.